The second-order valence-electron chi connectivity index (χ2n) is 3.54. The Bertz CT molecular complexity index is 325. The summed E-state index contributed by atoms with van der Waals surface area (Å²) in [5, 5.41) is 12.5. The summed E-state index contributed by atoms with van der Waals surface area (Å²) in [4.78, 5) is 8.42. The van der Waals surface area contributed by atoms with E-state index in [1.54, 1.807) is 13.2 Å². The lowest BCUT2D eigenvalue weighted by Gasteiger charge is -2.12. The van der Waals surface area contributed by atoms with E-state index in [0.29, 0.717) is 30.4 Å². The van der Waals surface area contributed by atoms with Crippen molar-refractivity contribution >= 4 is 11.6 Å². The fourth-order valence-electron chi connectivity index (χ4n) is 1.29. The predicted molar refractivity (Wildman–Crippen MR) is 65.6 cm³/mol. The minimum atomic E-state index is -0.575. The van der Waals surface area contributed by atoms with Crippen molar-refractivity contribution in [1.29, 1.82) is 0 Å². The zero-order valence-corrected chi connectivity index (χ0v) is 10.1. The molecule has 0 aliphatic carbocycles. The molecule has 0 amide bonds. The van der Waals surface area contributed by atoms with Gasteiger partial charge < -0.3 is 20.6 Å². The molecule has 1 aromatic heterocycles. The Morgan fingerprint density at radius 3 is 2.76 bits per heavy atom. The molecule has 1 unspecified atom stereocenters. The molecule has 1 aromatic rings. The predicted octanol–water partition coefficient (Wildman–Crippen LogP) is -0.256. The summed E-state index contributed by atoms with van der Waals surface area (Å²) in [5.41, 5.74) is 2.48. The molecule has 0 aliphatic rings. The van der Waals surface area contributed by atoms with Gasteiger partial charge in [0.1, 0.15) is 17.5 Å². The number of hydrogen-bond donors (Lipinski definition) is 4. The van der Waals surface area contributed by atoms with Crippen LogP contribution in [0.2, 0.25) is 0 Å². The SMILES string of the molecule is CCc1nc(NN)cc(NCC(O)COC)n1. The van der Waals surface area contributed by atoms with Gasteiger partial charge in [0, 0.05) is 26.1 Å². The van der Waals surface area contributed by atoms with E-state index < -0.39 is 6.10 Å². The number of nitrogens with one attached hydrogen (secondary N) is 2. The summed E-state index contributed by atoms with van der Waals surface area (Å²) in [6.07, 6.45) is 0.138. The molecule has 1 heterocycles. The monoisotopic (exact) mass is 241 g/mol. The minimum absolute atomic E-state index is 0.278. The quantitative estimate of drug-likeness (QED) is 0.385. The first kappa shape index (κ1) is 13.6. The number of nitrogen functional groups attached to an aromatic ring is 1. The first-order chi connectivity index (χ1) is 8.19. The van der Waals surface area contributed by atoms with Crippen molar-refractivity contribution in [2.45, 2.75) is 19.4 Å². The molecule has 7 heteroatoms. The Morgan fingerprint density at radius 1 is 1.47 bits per heavy atom. The summed E-state index contributed by atoms with van der Waals surface area (Å²) in [7, 11) is 1.54. The third kappa shape index (κ3) is 4.51. The molecular weight excluding hydrogens is 222 g/mol. The maximum atomic E-state index is 9.49. The maximum absolute atomic E-state index is 9.49. The van der Waals surface area contributed by atoms with E-state index in [-0.39, 0.29) is 6.61 Å². The summed E-state index contributed by atoms with van der Waals surface area (Å²) >= 11 is 0. The number of ether oxygens (including phenoxy) is 1. The van der Waals surface area contributed by atoms with Crippen LogP contribution in [-0.4, -0.2) is 41.4 Å². The number of aryl methyl sites for hydroxylation is 1. The van der Waals surface area contributed by atoms with E-state index in [1.165, 1.54) is 0 Å². The van der Waals surface area contributed by atoms with Gasteiger partial charge in [-0.1, -0.05) is 6.92 Å². The molecule has 0 spiro atoms. The van der Waals surface area contributed by atoms with Gasteiger partial charge in [-0.05, 0) is 0 Å². The van der Waals surface area contributed by atoms with E-state index in [2.05, 4.69) is 20.7 Å². The van der Waals surface area contributed by atoms with Gasteiger partial charge in [0.2, 0.25) is 0 Å². The molecule has 1 rings (SSSR count). The summed E-state index contributed by atoms with van der Waals surface area (Å²) < 4.78 is 4.83. The van der Waals surface area contributed by atoms with E-state index in [9.17, 15) is 5.11 Å². The summed E-state index contributed by atoms with van der Waals surface area (Å²) in [6.45, 7) is 2.60. The second kappa shape index (κ2) is 7.00. The lowest BCUT2D eigenvalue weighted by Crippen LogP contribution is -2.24. The fraction of sp³-hybridized carbons (Fsp3) is 0.600. The van der Waals surface area contributed by atoms with Crippen molar-refractivity contribution in [3.05, 3.63) is 11.9 Å². The van der Waals surface area contributed by atoms with Crippen molar-refractivity contribution in [3.63, 3.8) is 0 Å². The lowest BCUT2D eigenvalue weighted by molar-refractivity contribution is 0.0727. The van der Waals surface area contributed by atoms with Crippen LogP contribution in [0.1, 0.15) is 12.7 Å². The molecule has 17 heavy (non-hydrogen) atoms. The van der Waals surface area contributed by atoms with Gasteiger partial charge >= 0.3 is 0 Å². The van der Waals surface area contributed by atoms with Crippen LogP contribution in [0.25, 0.3) is 0 Å². The normalized spacial score (nSPS) is 12.2. The largest absolute Gasteiger partial charge is 0.389 e. The maximum Gasteiger partial charge on any atom is 0.145 e. The Kier molecular flexibility index (Phi) is 5.61. The number of hydrogen-bond acceptors (Lipinski definition) is 7. The van der Waals surface area contributed by atoms with Crippen LogP contribution in [0.5, 0.6) is 0 Å². The highest BCUT2D eigenvalue weighted by molar-refractivity contribution is 5.46. The van der Waals surface area contributed by atoms with Crippen LogP contribution in [0, 0.1) is 0 Å². The summed E-state index contributed by atoms with van der Waals surface area (Å²) in [6, 6.07) is 1.68. The van der Waals surface area contributed by atoms with Gasteiger partial charge in [-0.25, -0.2) is 15.8 Å². The van der Waals surface area contributed by atoms with Crippen LogP contribution in [-0.2, 0) is 11.2 Å². The van der Waals surface area contributed by atoms with Crippen molar-refractivity contribution < 1.29 is 9.84 Å². The van der Waals surface area contributed by atoms with Crippen LogP contribution in [0.3, 0.4) is 0 Å². The number of nitrogens with zero attached hydrogens (tertiary/aromatic N) is 2. The molecular formula is C10H19N5O2. The van der Waals surface area contributed by atoms with Crippen LogP contribution >= 0.6 is 0 Å². The Morgan fingerprint density at radius 2 is 2.18 bits per heavy atom. The molecule has 0 bridgehead atoms. The fourth-order valence-corrected chi connectivity index (χ4v) is 1.29. The van der Waals surface area contributed by atoms with Crippen LogP contribution in [0.15, 0.2) is 6.07 Å². The zero-order chi connectivity index (χ0) is 12.7. The molecule has 7 nitrogen and oxygen atoms in total. The molecule has 0 aromatic carbocycles. The zero-order valence-electron chi connectivity index (χ0n) is 10.1. The Balaban J connectivity index is 2.63. The number of methoxy groups -OCH3 is 1. The average Bonchev–Trinajstić information content (AvgIpc) is 2.36. The second-order valence-corrected chi connectivity index (χ2v) is 3.54. The molecule has 1 atom stereocenters. The highest BCUT2D eigenvalue weighted by Crippen LogP contribution is 2.10. The highest BCUT2D eigenvalue weighted by Gasteiger charge is 2.06. The number of rotatable bonds is 7. The van der Waals surface area contributed by atoms with Gasteiger partial charge in [0.15, 0.2) is 0 Å². The van der Waals surface area contributed by atoms with Crippen molar-refractivity contribution in [2.75, 3.05) is 31.0 Å². The first-order valence-electron chi connectivity index (χ1n) is 5.45. The van der Waals surface area contributed by atoms with E-state index in [1.807, 2.05) is 6.92 Å². The number of hydrazine groups is 1. The molecule has 0 fully saturated rings. The van der Waals surface area contributed by atoms with Crippen molar-refractivity contribution in [3.8, 4) is 0 Å². The lowest BCUT2D eigenvalue weighted by atomic mass is 10.3. The third-order valence-electron chi connectivity index (χ3n) is 2.11. The van der Waals surface area contributed by atoms with Crippen molar-refractivity contribution in [1.82, 2.24) is 9.97 Å². The highest BCUT2D eigenvalue weighted by atomic mass is 16.5. The van der Waals surface area contributed by atoms with Gasteiger partial charge in [-0.2, -0.15) is 0 Å². The van der Waals surface area contributed by atoms with Crippen LogP contribution in [0.4, 0.5) is 11.6 Å². The number of aliphatic hydroxyl groups is 1. The van der Waals surface area contributed by atoms with Gasteiger partial charge in [0.25, 0.3) is 0 Å². The van der Waals surface area contributed by atoms with E-state index in [0.717, 1.165) is 0 Å². The number of anilines is 2. The number of aromatic nitrogens is 2. The Labute approximate surface area is 100 Å². The van der Waals surface area contributed by atoms with Crippen molar-refractivity contribution in [2.24, 2.45) is 5.84 Å². The molecule has 5 N–H and O–H groups in total. The molecule has 0 radical (unpaired) electrons. The third-order valence-corrected chi connectivity index (χ3v) is 2.11. The first-order valence-corrected chi connectivity index (χ1v) is 5.45. The van der Waals surface area contributed by atoms with Crippen LogP contribution < -0.4 is 16.6 Å². The molecule has 0 saturated carbocycles. The van der Waals surface area contributed by atoms with E-state index >= 15 is 0 Å². The average molecular weight is 241 g/mol. The smallest absolute Gasteiger partial charge is 0.145 e. The molecule has 0 saturated heterocycles. The summed E-state index contributed by atoms with van der Waals surface area (Å²) in [5.74, 6) is 7.16. The standard InChI is InChI=1S/C10H19N5O2/c1-3-8-13-9(4-10(14-8)15-11)12-5-7(16)6-17-2/h4,7,16H,3,5-6,11H2,1-2H3,(H2,12,13,14,15). The van der Waals surface area contributed by atoms with Gasteiger partial charge in [-0.15, -0.1) is 0 Å². The van der Waals surface area contributed by atoms with E-state index in [4.69, 9.17) is 10.6 Å². The number of nitrogens with two attached hydrogens (primary N) is 1. The minimum Gasteiger partial charge on any atom is -0.389 e. The topological polar surface area (TPSA) is 105 Å². The molecule has 0 aliphatic heterocycles. The van der Waals surface area contributed by atoms with Gasteiger partial charge in [-0.3, -0.25) is 0 Å². The Hall–Kier alpha value is -1.44. The number of aliphatic hydroxyl groups excluding tert-OH is 1. The van der Waals surface area contributed by atoms with Gasteiger partial charge in [0.05, 0.1) is 12.7 Å². The molecule has 96 valence electrons.